The van der Waals surface area contributed by atoms with Crippen LogP contribution in [0.5, 0.6) is 5.06 Å². The predicted molar refractivity (Wildman–Crippen MR) is 54.9 cm³/mol. The van der Waals surface area contributed by atoms with Gasteiger partial charge in [-0.25, -0.2) is 0 Å². The summed E-state index contributed by atoms with van der Waals surface area (Å²) < 4.78 is 0.775. The highest BCUT2D eigenvalue weighted by Gasteiger charge is 2.22. The number of nitro groups is 1. The molecule has 14 heavy (non-hydrogen) atoms. The molecule has 0 aliphatic rings. The predicted octanol–water partition coefficient (Wildman–Crippen LogP) is 2.82. The molecule has 4 nitrogen and oxygen atoms in total. The van der Waals surface area contributed by atoms with Gasteiger partial charge in [0.05, 0.1) is 10.3 Å². The molecule has 1 heterocycles. The van der Waals surface area contributed by atoms with Gasteiger partial charge in [-0.3, -0.25) is 10.1 Å². The number of hydrogen-bond acceptors (Lipinski definition) is 4. The third kappa shape index (κ3) is 1.13. The second-order valence-electron chi connectivity index (χ2n) is 2.96. The molecule has 0 saturated carbocycles. The number of thiophene rings is 1. The Balaban J connectivity index is 2.90. The molecule has 0 aliphatic carbocycles. The Morgan fingerprint density at radius 2 is 2.21 bits per heavy atom. The van der Waals surface area contributed by atoms with Crippen molar-refractivity contribution in [2.24, 2.45) is 0 Å². The third-order valence-corrected chi connectivity index (χ3v) is 3.18. The monoisotopic (exact) mass is 209 g/mol. The van der Waals surface area contributed by atoms with Crippen molar-refractivity contribution in [3.8, 4) is 5.06 Å². The first-order chi connectivity index (χ1) is 6.61. The first kappa shape index (κ1) is 8.96. The molecule has 0 aliphatic heterocycles. The molecule has 0 radical (unpaired) electrons. The molecule has 1 aromatic carbocycles. The summed E-state index contributed by atoms with van der Waals surface area (Å²) in [5.41, 5.74) is 0.754. The average Bonchev–Trinajstić information content (AvgIpc) is 2.42. The van der Waals surface area contributed by atoms with E-state index in [2.05, 4.69) is 0 Å². The smallest absolute Gasteiger partial charge is 0.330 e. The fourth-order valence-corrected chi connectivity index (χ4v) is 2.39. The largest absolute Gasteiger partial charge is 0.495 e. The first-order valence-corrected chi connectivity index (χ1v) is 4.78. The van der Waals surface area contributed by atoms with Gasteiger partial charge < -0.3 is 5.11 Å². The highest BCUT2D eigenvalue weighted by atomic mass is 32.1. The van der Waals surface area contributed by atoms with Crippen LogP contribution in [-0.4, -0.2) is 10.0 Å². The fraction of sp³-hybridized carbons (Fsp3) is 0.111. The molecule has 0 unspecified atom stereocenters. The van der Waals surface area contributed by atoms with Gasteiger partial charge in [-0.05, 0) is 18.6 Å². The van der Waals surface area contributed by atoms with E-state index >= 15 is 0 Å². The molecule has 0 fully saturated rings. The maximum absolute atomic E-state index is 10.7. The number of aryl methyl sites for hydroxylation is 1. The van der Waals surface area contributed by atoms with Gasteiger partial charge in [-0.1, -0.05) is 23.5 Å². The number of benzene rings is 1. The molecule has 0 spiro atoms. The molecule has 1 aromatic heterocycles. The minimum Gasteiger partial charge on any atom is -0.495 e. The van der Waals surface area contributed by atoms with Gasteiger partial charge >= 0.3 is 5.69 Å². The maximum Gasteiger partial charge on any atom is 0.330 e. The van der Waals surface area contributed by atoms with Crippen LogP contribution in [0.3, 0.4) is 0 Å². The number of nitrogens with zero attached hydrogens (tertiary/aromatic N) is 1. The second kappa shape index (κ2) is 2.95. The number of rotatable bonds is 1. The van der Waals surface area contributed by atoms with Crippen LogP contribution >= 0.6 is 11.3 Å². The lowest BCUT2D eigenvalue weighted by Gasteiger charge is -1.92. The van der Waals surface area contributed by atoms with Gasteiger partial charge in [0.2, 0.25) is 0 Å². The zero-order valence-electron chi connectivity index (χ0n) is 7.35. The Morgan fingerprint density at radius 1 is 1.50 bits per heavy atom. The molecule has 1 N–H and O–H groups in total. The summed E-state index contributed by atoms with van der Waals surface area (Å²) in [5, 5.41) is 20.4. The normalized spacial score (nSPS) is 10.6. The van der Waals surface area contributed by atoms with Crippen molar-refractivity contribution in [2.75, 3.05) is 0 Å². The van der Waals surface area contributed by atoms with Gasteiger partial charge in [0.15, 0.2) is 0 Å². The summed E-state index contributed by atoms with van der Waals surface area (Å²) in [5.74, 6) is 0. The van der Waals surface area contributed by atoms with Crippen LogP contribution < -0.4 is 0 Å². The van der Waals surface area contributed by atoms with E-state index in [-0.39, 0.29) is 10.8 Å². The number of hydrogen-bond donors (Lipinski definition) is 1. The van der Waals surface area contributed by atoms with Crippen molar-refractivity contribution in [3.05, 3.63) is 33.9 Å². The van der Waals surface area contributed by atoms with Crippen LogP contribution in [0.15, 0.2) is 18.2 Å². The van der Waals surface area contributed by atoms with Crippen LogP contribution in [0.25, 0.3) is 10.1 Å². The topological polar surface area (TPSA) is 63.4 Å². The average molecular weight is 209 g/mol. The summed E-state index contributed by atoms with van der Waals surface area (Å²) in [6.45, 7) is 1.86. The first-order valence-electron chi connectivity index (χ1n) is 3.96. The van der Waals surface area contributed by atoms with Crippen LogP contribution in [0.2, 0.25) is 0 Å². The van der Waals surface area contributed by atoms with Crippen molar-refractivity contribution in [1.82, 2.24) is 0 Å². The standard InChI is InChI=1S/C9H7NO3S/c1-5-3-2-4-6-7(10(12)13)9(11)14-8(5)6/h2-4,11H,1H3. The third-order valence-electron chi connectivity index (χ3n) is 2.05. The molecule has 72 valence electrons. The molecule has 0 amide bonds. The summed E-state index contributed by atoms with van der Waals surface area (Å²) in [6, 6.07) is 5.26. The molecule has 0 saturated heterocycles. The Kier molecular flexibility index (Phi) is 1.89. The Morgan fingerprint density at radius 3 is 2.86 bits per heavy atom. The summed E-state index contributed by atoms with van der Waals surface area (Å²) >= 11 is 1.05. The molecular formula is C9H7NO3S. The molecule has 0 atom stereocenters. The molecule has 0 bridgehead atoms. The van der Waals surface area contributed by atoms with E-state index in [0.29, 0.717) is 5.39 Å². The van der Waals surface area contributed by atoms with Gasteiger partial charge in [0.25, 0.3) is 5.06 Å². The van der Waals surface area contributed by atoms with Crippen LogP contribution in [-0.2, 0) is 0 Å². The van der Waals surface area contributed by atoms with E-state index in [1.165, 1.54) is 0 Å². The zero-order valence-corrected chi connectivity index (χ0v) is 8.17. The van der Waals surface area contributed by atoms with Crippen molar-refractivity contribution >= 4 is 27.1 Å². The highest BCUT2D eigenvalue weighted by Crippen LogP contribution is 2.43. The van der Waals surface area contributed by atoms with Gasteiger partial charge in [0, 0.05) is 4.70 Å². The van der Waals surface area contributed by atoms with Gasteiger partial charge in [-0.15, -0.1) is 0 Å². The zero-order chi connectivity index (χ0) is 10.3. The number of aromatic hydroxyl groups is 1. The van der Waals surface area contributed by atoms with E-state index in [0.717, 1.165) is 21.6 Å². The summed E-state index contributed by atoms with van der Waals surface area (Å²) in [7, 11) is 0. The minimum atomic E-state index is -0.548. The molecular weight excluding hydrogens is 202 g/mol. The lowest BCUT2D eigenvalue weighted by atomic mass is 10.2. The lowest BCUT2D eigenvalue weighted by molar-refractivity contribution is -0.383. The van der Waals surface area contributed by atoms with Gasteiger partial charge in [-0.2, -0.15) is 0 Å². The van der Waals surface area contributed by atoms with Crippen molar-refractivity contribution < 1.29 is 10.0 Å². The van der Waals surface area contributed by atoms with E-state index in [1.807, 2.05) is 13.0 Å². The van der Waals surface area contributed by atoms with Crippen LogP contribution in [0.4, 0.5) is 5.69 Å². The van der Waals surface area contributed by atoms with Crippen LogP contribution in [0.1, 0.15) is 5.56 Å². The molecule has 2 aromatic rings. The van der Waals surface area contributed by atoms with E-state index in [4.69, 9.17) is 0 Å². The minimum absolute atomic E-state index is 0.186. The van der Waals surface area contributed by atoms with Gasteiger partial charge in [0.1, 0.15) is 0 Å². The quantitative estimate of drug-likeness (QED) is 0.580. The van der Waals surface area contributed by atoms with Crippen molar-refractivity contribution in [3.63, 3.8) is 0 Å². The SMILES string of the molecule is Cc1cccc2c([N+](=O)[O-])c(O)sc12. The Hall–Kier alpha value is -1.62. The van der Waals surface area contributed by atoms with Crippen LogP contribution in [0, 0.1) is 17.0 Å². The molecule has 2 rings (SSSR count). The van der Waals surface area contributed by atoms with Crippen molar-refractivity contribution in [1.29, 1.82) is 0 Å². The maximum atomic E-state index is 10.7. The second-order valence-corrected chi connectivity index (χ2v) is 3.96. The fourth-order valence-electron chi connectivity index (χ4n) is 1.41. The van der Waals surface area contributed by atoms with E-state index < -0.39 is 4.92 Å². The summed E-state index contributed by atoms with van der Waals surface area (Å²) in [6.07, 6.45) is 0. The lowest BCUT2D eigenvalue weighted by Crippen LogP contribution is -1.85. The summed E-state index contributed by atoms with van der Waals surface area (Å²) in [4.78, 5) is 10.1. The highest BCUT2D eigenvalue weighted by molar-refractivity contribution is 7.21. The Labute approximate surface area is 83.6 Å². The molecule has 5 heteroatoms. The Bertz CT molecular complexity index is 518. The number of fused-ring (bicyclic) bond motifs is 1. The van der Waals surface area contributed by atoms with E-state index in [9.17, 15) is 15.2 Å². The van der Waals surface area contributed by atoms with Crippen molar-refractivity contribution in [2.45, 2.75) is 6.92 Å². The van der Waals surface area contributed by atoms with E-state index in [1.54, 1.807) is 12.1 Å².